The predicted molar refractivity (Wildman–Crippen MR) is 72.7 cm³/mol. The number of nitrogens with one attached hydrogen (secondary N) is 2. The summed E-state index contributed by atoms with van der Waals surface area (Å²) in [4.78, 5) is 0. The molecule has 0 amide bonds. The molecule has 3 N–H and O–H groups in total. The summed E-state index contributed by atoms with van der Waals surface area (Å²) in [6, 6.07) is 5.61. The van der Waals surface area contributed by atoms with Crippen LogP contribution in [0.15, 0.2) is 18.2 Å². The van der Waals surface area contributed by atoms with Gasteiger partial charge in [0.2, 0.25) is 0 Å². The molecule has 0 saturated carbocycles. The smallest absolute Gasteiger partial charge is 0.0637 e. The largest absolute Gasteiger partial charge is 0.392 e. The fourth-order valence-electron chi connectivity index (χ4n) is 1.40. The van der Waals surface area contributed by atoms with Crippen LogP contribution in [0, 0.1) is 0 Å². The molecule has 1 atom stereocenters. The van der Waals surface area contributed by atoms with E-state index in [-0.39, 0.29) is 6.10 Å². The van der Waals surface area contributed by atoms with Crippen molar-refractivity contribution in [3.8, 4) is 0 Å². The Bertz CT molecular complexity index is 345. The summed E-state index contributed by atoms with van der Waals surface area (Å²) in [6.45, 7) is 4.68. The van der Waals surface area contributed by atoms with Gasteiger partial charge in [0.15, 0.2) is 0 Å². The average molecular weight is 277 g/mol. The molecular formula is C12H18Cl2N2O. The predicted octanol–water partition coefficient (Wildman–Crippen LogP) is 2.05. The maximum absolute atomic E-state index is 9.04. The van der Waals surface area contributed by atoms with Gasteiger partial charge in [-0.15, -0.1) is 0 Å². The summed E-state index contributed by atoms with van der Waals surface area (Å²) in [7, 11) is 0. The van der Waals surface area contributed by atoms with Gasteiger partial charge in [0.05, 0.1) is 16.1 Å². The van der Waals surface area contributed by atoms with Crippen molar-refractivity contribution in [3.63, 3.8) is 0 Å². The quantitative estimate of drug-likeness (QED) is 0.668. The maximum Gasteiger partial charge on any atom is 0.0637 e. The summed E-state index contributed by atoms with van der Waals surface area (Å²) >= 11 is 12.0. The Kier molecular flexibility index (Phi) is 6.85. The first kappa shape index (κ1) is 14.7. The molecule has 17 heavy (non-hydrogen) atoms. The van der Waals surface area contributed by atoms with Gasteiger partial charge in [-0.2, -0.15) is 0 Å². The van der Waals surface area contributed by atoms with Crippen molar-refractivity contribution in [2.75, 3.05) is 19.6 Å². The van der Waals surface area contributed by atoms with Gasteiger partial charge in [0.1, 0.15) is 0 Å². The van der Waals surface area contributed by atoms with E-state index in [1.165, 1.54) is 0 Å². The van der Waals surface area contributed by atoms with E-state index in [9.17, 15) is 0 Å². The number of aliphatic hydroxyl groups excluding tert-OH is 1. The van der Waals surface area contributed by atoms with Crippen molar-refractivity contribution in [2.24, 2.45) is 0 Å². The number of benzene rings is 1. The highest BCUT2D eigenvalue weighted by Gasteiger charge is 2.03. The molecule has 0 fully saturated rings. The molecule has 0 bridgehead atoms. The molecular weight excluding hydrogens is 259 g/mol. The minimum Gasteiger partial charge on any atom is -0.392 e. The molecule has 1 aromatic carbocycles. The Balaban J connectivity index is 2.20. The van der Waals surface area contributed by atoms with Gasteiger partial charge < -0.3 is 15.7 Å². The second kappa shape index (κ2) is 7.90. The molecule has 1 aromatic rings. The fourth-order valence-corrected chi connectivity index (χ4v) is 1.78. The number of aliphatic hydroxyl groups is 1. The Morgan fingerprint density at radius 2 is 1.94 bits per heavy atom. The lowest BCUT2D eigenvalue weighted by molar-refractivity contribution is 0.191. The van der Waals surface area contributed by atoms with Crippen molar-refractivity contribution in [1.82, 2.24) is 10.6 Å². The minimum atomic E-state index is -0.308. The van der Waals surface area contributed by atoms with Gasteiger partial charge in [-0.1, -0.05) is 35.3 Å². The van der Waals surface area contributed by atoms with Crippen LogP contribution in [0.4, 0.5) is 0 Å². The number of hydrogen-bond donors (Lipinski definition) is 3. The monoisotopic (exact) mass is 276 g/mol. The molecule has 0 aliphatic heterocycles. The molecule has 0 heterocycles. The van der Waals surface area contributed by atoms with Crippen LogP contribution in [-0.4, -0.2) is 30.8 Å². The van der Waals surface area contributed by atoms with Crippen LogP contribution in [0.25, 0.3) is 0 Å². The van der Waals surface area contributed by atoms with E-state index in [0.717, 1.165) is 18.7 Å². The van der Waals surface area contributed by atoms with Crippen molar-refractivity contribution >= 4 is 23.2 Å². The number of hydrogen-bond acceptors (Lipinski definition) is 3. The van der Waals surface area contributed by atoms with Crippen molar-refractivity contribution in [2.45, 2.75) is 19.6 Å². The topological polar surface area (TPSA) is 44.3 Å². The molecule has 0 aliphatic carbocycles. The molecule has 0 aliphatic rings. The van der Waals surface area contributed by atoms with E-state index >= 15 is 0 Å². The lowest BCUT2D eigenvalue weighted by Gasteiger charge is -2.09. The third-order valence-electron chi connectivity index (χ3n) is 2.27. The first-order chi connectivity index (χ1) is 8.11. The highest BCUT2D eigenvalue weighted by molar-refractivity contribution is 6.42. The Morgan fingerprint density at radius 1 is 1.24 bits per heavy atom. The number of rotatable bonds is 7. The van der Waals surface area contributed by atoms with Crippen molar-refractivity contribution in [1.29, 1.82) is 0 Å². The van der Waals surface area contributed by atoms with Gasteiger partial charge in [-0.05, 0) is 18.6 Å². The van der Waals surface area contributed by atoms with Crippen LogP contribution in [0.5, 0.6) is 0 Å². The molecule has 0 unspecified atom stereocenters. The van der Waals surface area contributed by atoms with Crippen LogP contribution in [0.2, 0.25) is 10.0 Å². The Labute approximate surface area is 112 Å². The highest BCUT2D eigenvalue weighted by Crippen LogP contribution is 2.25. The van der Waals surface area contributed by atoms with Crippen LogP contribution < -0.4 is 10.6 Å². The molecule has 0 aromatic heterocycles. The third kappa shape index (κ3) is 5.70. The van der Waals surface area contributed by atoms with Crippen molar-refractivity contribution in [3.05, 3.63) is 33.8 Å². The summed E-state index contributed by atoms with van der Waals surface area (Å²) in [5, 5.41) is 16.6. The summed E-state index contributed by atoms with van der Waals surface area (Å²) in [5.74, 6) is 0. The van der Waals surface area contributed by atoms with Gasteiger partial charge in [-0.3, -0.25) is 0 Å². The van der Waals surface area contributed by atoms with E-state index in [0.29, 0.717) is 23.1 Å². The van der Waals surface area contributed by atoms with Gasteiger partial charge in [0, 0.05) is 26.2 Å². The SMILES string of the molecule is C[C@H](O)CNCCNCc1cccc(Cl)c1Cl. The molecule has 96 valence electrons. The molecule has 0 spiro atoms. The van der Waals surface area contributed by atoms with E-state index in [1.807, 2.05) is 12.1 Å². The van der Waals surface area contributed by atoms with Crippen LogP contribution in [0.3, 0.4) is 0 Å². The summed E-state index contributed by atoms with van der Waals surface area (Å²) in [6.07, 6.45) is -0.308. The first-order valence-corrected chi connectivity index (χ1v) is 6.39. The van der Waals surface area contributed by atoms with Gasteiger partial charge in [0.25, 0.3) is 0 Å². The zero-order valence-electron chi connectivity index (χ0n) is 9.84. The Hall–Kier alpha value is -0.320. The molecule has 5 heteroatoms. The van der Waals surface area contributed by atoms with E-state index < -0.39 is 0 Å². The third-order valence-corrected chi connectivity index (χ3v) is 3.12. The molecule has 3 nitrogen and oxygen atoms in total. The zero-order chi connectivity index (χ0) is 12.7. The lowest BCUT2D eigenvalue weighted by atomic mass is 10.2. The second-order valence-electron chi connectivity index (χ2n) is 3.94. The standard InChI is InChI=1S/C12H18Cl2N2O/c1-9(17)7-15-5-6-16-8-10-3-2-4-11(13)12(10)14/h2-4,9,15-17H,5-8H2,1H3/t9-/m0/s1. The molecule has 1 rings (SSSR count). The number of halogens is 2. The zero-order valence-corrected chi connectivity index (χ0v) is 11.4. The van der Waals surface area contributed by atoms with Gasteiger partial charge >= 0.3 is 0 Å². The maximum atomic E-state index is 9.04. The fraction of sp³-hybridized carbons (Fsp3) is 0.500. The Morgan fingerprint density at radius 3 is 2.65 bits per heavy atom. The lowest BCUT2D eigenvalue weighted by Crippen LogP contribution is -2.31. The highest BCUT2D eigenvalue weighted by atomic mass is 35.5. The van der Waals surface area contributed by atoms with Crippen LogP contribution >= 0.6 is 23.2 Å². The molecule has 0 saturated heterocycles. The van der Waals surface area contributed by atoms with Crippen LogP contribution in [-0.2, 0) is 6.54 Å². The van der Waals surface area contributed by atoms with Gasteiger partial charge in [-0.25, -0.2) is 0 Å². The van der Waals surface area contributed by atoms with Crippen LogP contribution in [0.1, 0.15) is 12.5 Å². The van der Waals surface area contributed by atoms with E-state index in [4.69, 9.17) is 28.3 Å². The average Bonchev–Trinajstić information content (AvgIpc) is 2.28. The van der Waals surface area contributed by atoms with E-state index in [2.05, 4.69) is 10.6 Å². The minimum absolute atomic E-state index is 0.308. The second-order valence-corrected chi connectivity index (χ2v) is 4.73. The molecule has 0 radical (unpaired) electrons. The van der Waals surface area contributed by atoms with E-state index in [1.54, 1.807) is 13.0 Å². The summed E-state index contributed by atoms with van der Waals surface area (Å²) in [5.41, 5.74) is 0.995. The first-order valence-electron chi connectivity index (χ1n) is 5.63. The van der Waals surface area contributed by atoms with Crippen molar-refractivity contribution < 1.29 is 5.11 Å². The normalized spacial score (nSPS) is 12.7. The summed E-state index contributed by atoms with van der Waals surface area (Å²) < 4.78 is 0.